The zero-order chi connectivity index (χ0) is 43.9. The predicted molar refractivity (Wildman–Crippen MR) is 245 cm³/mol. The summed E-state index contributed by atoms with van der Waals surface area (Å²) in [5.74, 6) is 2.59. The summed E-state index contributed by atoms with van der Waals surface area (Å²) in [6, 6.07) is 6.37. The summed E-state index contributed by atoms with van der Waals surface area (Å²) in [4.78, 5) is 29.8. The zero-order valence-electron chi connectivity index (χ0n) is 33.7. The van der Waals surface area contributed by atoms with Gasteiger partial charge in [-0.25, -0.2) is 19.9 Å². The molecule has 0 bridgehead atoms. The van der Waals surface area contributed by atoms with E-state index in [4.69, 9.17) is 86.1 Å². The van der Waals surface area contributed by atoms with E-state index in [1.165, 1.54) is 28.4 Å². The van der Waals surface area contributed by atoms with Gasteiger partial charge < -0.3 is 44.8 Å². The molecule has 6 heterocycles. The van der Waals surface area contributed by atoms with Gasteiger partial charge in [-0.15, -0.1) is 0 Å². The van der Waals surface area contributed by atoms with Crippen LogP contribution in [0.3, 0.4) is 0 Å². The third-order valence-electron chi connectivity index (χ3n) is 10.2. The molecule has 22 heteroatoms. The number of azide groups is 1. The third kappa shape index (κ3) is 10.4. The number of anilines is 2. The first-order valence-corrected chi connectivity index (χ1v) is 20.5. The van der Waals surface area contributed by atoms with E-state index in [2.05, 4.69) is 50.6 Å². The molecule has 0 aliphatic carbocycles. The van der Waals surface area contributed by atoms with Crippen molar-refractivity contribution in [2.45, 2.75) is 44.4 Å². The van der Waals surface area contributed by atoms with Gasteiger partial charge in [0, 0.05) is 70.6 Å². The van der Waals surface area contributed by atoms with E-state index in [1.807, 2.05) is 6.07 Å². The Morgan fingerprint density at radius 2 is 1.08 bits per heavy atom. The monoisotopic (exact) mass is 940 g/mol. The van der Waals surface area contributed by atoms with Crippen LogP contribution in [0.15, 0.2) is 54.2 Å². The summed E-state index contributed by atoms with van der Waals surface area (Å²) in [5, 5.41) is 13.1. The highest BCUT2D eigenvalue weighted by atomic mass is 35.5. The summed E-state index contributed by atoms with van der Waals surface area (Å²) in [6.07, 6.45) is 8.06. The topological polar surface area (TPSA) is 232 Å². The van der Waals surface area contributed by atoms with Crippen molar-refractivity contribution in [3.8, 4) is 45.5 Å². The minimum Gasteiger partial charge on any atom is -0.495 e. The van der Waals surface area contributed by atoms with Gasteiger partial charge in [0.05, 0.1) is 115 Å². The lowest BCUT2D eigenvalue weighted by Crippen LogP contribution is -2.47. The molecule has 0 radical (unpaired) electrons. The average Bonchev–Trinajstić information content (AvgIpc) is 3.28. The maximum absolute atomic E-state index is 8.78. The minimum absolute atomic E-state index is 0. The average molecular weight is 943 g/mol. The van der Waals surface area contributed by atoms with Crippen LogP contribution in [0, 0.1) is 0 Å². The fraction of sp³-hybridized carbons (Fsp3) is 0.366. The molecule has 2 aromatic carbocycles. The normalized spacial score (nSPS) is 18.2. The Hall–Kier alpha value is -5.43. The first-order valence-electron chi connectivity index (χ1n) is 19.0. The van der Waals surface area contributed by atoms with Crippen LogP contribution in [-0.2, 0) is 9.47 Å². The maximum atomic E-state index is 8.78. The Kier molecular flexibility index (Phi) is 15.9. The van der Waals surface area contributed by atoms with Crippen molar-refractivity contribution >= 4 is 80.1 Å². The minimum atomic E-state index is -0.235. The number of nitrogens with two attached hydrogens (primary N) is 1. The molecule has 2 fully saturated rings. The first-order chi connectivity index (χ1) is 30.1. The number of aromatic nitrogens is 6. The Bertz CT molecular complexity index is 2590. The molecule has 0 spiro atoms. The van der Waals surface area contributed by atoms with Crippen LogP contribution in [0.2, 0.25) is 20.1 Å². The van der Waals surface area contributed by atoms with Crippen LogP contribution in [-0.4, -0.2) is 109 Å². The van der Waals surface area contributed by atoms with Crippen LogP contribution >= 0.6 is 46.4 Å². The molecule has 18 nitrogen and oxygen atoms in total. The van der Waals surface area contributed by atoms with E-state index >= 15 is 0 Å². The van der Waals surface area contributed by atoms with Gasteiger partial charge in [0.15, 0.2) is 0 Å². The summed E-state index contributed by atoms with van der Waals surface area (Å²) in [7, 11) is 6.08. The molecule has 2 aliphatic rings. The van der Waals surface area contributed by atoms with Crippen molar-refractivity contribution in [3.63, 3.8) is 0 Å². The number of nitrogens with zero attached hydrogens (tertiary/aromatic N) is 9. The van der Waals surface area contributed by atoms with Crippen LogP contribution in [0.5, 0.6) is 23.0 Å². The molecule has 63 heavy (non-hydrogen) atoms. The smallest absolute Gasteiger partial charge is 0.223 e. The molecule has 0 amide bonds. The molecule has 4 atom stereocenters. The fourth-order valence-electron chi connectivity index (χ4n) is 6.81. The molecule has 0 saturated carbocycles. The molecule has 6 aromatic rings. The molecule has 2 saturated heterocycles. The van der Waals surface area contributed by atoms with Gasteiger partial charge in [-0.05, 0) is 30.5 Å². The summed E-state index contributed by atoms with van der Waals surface area (Å²) < 4.78 is 32.3. The maximum Gasteiger partial charge on any atom is 0.223 e. The lowest BCUT2D eigenvalue weighted by atomic mass is 10.1. The van der Waals surface area contributed by atoms with Gasteiger partial charge in [-0.2, -0.15) is 0 Å². The largest absolute Gasteiger partial charge is 0.495 e. The molecule has 4 N–H and O–H groups in total. The van der Waals surface area contributed by atoms with E-state index in [0.717, 1.165) is 17.2 Å². The molecule has 2 aliphatic heterocycles. The second kappa shape index (κ2) is 21.3. The quantitative estimate of drug-likeness (QED) is 0.0625. The second-order valence-corrected chi connectivity index (χ2v) is 15.4. The van der Waals surface area contributed by atoms with Crippen LogP contribution in [0.4, 0.5) is 11.9 Å². The summed E-state index contributed by atoms with van der Waals surface area (Å²) in [5.41, 5.74) is 18.3. The number of rotatable bonds is 11. The van der Waals surface area contributed by atoms with Crippen molar-refractivity contribution in [1.29, 1.82) is 0 Å². The number of nitrogens with one attached hydrogen (secondary N) is 2. The Morgan fingerprint density at radius 1 is 0.651 bits per heavy atom. The van der Waals surface area contributed by atoms with Gasteiger partial charge in [0.25, 0.3) is 0 Å². The Balaban J connectivity index is 0.000000207. The number of halogens is 4. The number of hydrogen-bond donors (Lipinski definition) is 3. The number of ether oxygens (including phenoxy) is 6. The van der Waals surface area contributed by atoms with Gasteiger partial charge in [0.2, 0.25) is 11.9 Å². The third-order valence-corrected chi connectivity index (χ3v) is 11.7. The van der Waals surface area contributed by atoms with Gasteiger partial charge in [-0.3, -0.25) is 9.97 Å². The van der Waals surface area contributed by atoms with E-state index in [-0.39, 0.29) is 31.6 Å². The Morgan fingerprint density at radius 3 is 1.51 bits per heavy atom. The number of methoxy groups -OCH3 is 4. The highest BCUT2D eigenvalue weighted by Crippen LogP contribution is 2.47. The lowest BCUT2D eigenvalue weighted by Gasteiger charge is -2.29. The number of pyridine rings is 2. The fourth-order valence-corrected chi connectivity index (χ4v) is 8.19. The van der Waals surface area contributed by atoms with Crippen molar-refractivity contribution in [3.05, 3.63) is 79.6 Å². The molecule has 332 valence electrons. The van der Waals surface area contributed by atoms with E-state index < -0.39 is 0 Å². The van der Waals surface area contributed by atoms with Crippen molar-refractivity contribution < 1.29 is 28.4 Å². The highest BCUT2D eigenvalue weighted by Gasteiger charge is 2.27. The molecular weight excluding hydrogens is 898 g/mol. The first kappa shape index (κ1) is 47.1. The van der Waals surface area contributed by atoms with Crippen molar-refractivity contribution in [1.82, 2.24) is 29.9 Å². The van der Waals surface area contributed by atoms with E-state index in [9.17, 15) is 0 Å². The SMILES string of the molecule is C.COc1cc(OC)c(Cl)c(-c2cc3cnc(N[C@@H]4COCC[C@@H]4N)nc3cn2)c1Cl.COc1cc(OC)c(Cl)c(-c2cc3cnc(N[C@@H]4COCC[C@@H]4N=[N+]=[N-])nc3cn2)c1Cl. The lowest BCUT2D eigenvalue weighted by molar-refractivity contribution is 0.0765. The van der Waals surface area contributed by atoms with Crippen molar-refractivity contribution in [2.75, 3.05) is 65.5 Å². The predicted octanol–water partition coefficient (Wildman–Crippen LogP) is 9.08. The van der Waals surface area contributed by atoms with Gasteiger partial charge in [0.1, 0.15) is 23.0 Å². The summed E-state index contributed by atoms with van der Waals surface area (Å²) >= 11 is 26.0. The summed E-state index contributed by atoms with van der Waals surface area (Å²) in [6.45, 7) is 2.14. The highest BCUT2D eigenvalue weighted by molar-refractivity contribution is 6.41. The molecule has 8 rings (SSSR count). The van der Waals surface area contributed by atoms with Gasteiger partial charge in [-0.1, -0.05) is 58.9 Å². The molecule has 4 aromatic heterocycles. The second-order valence-electron chi connectivity index (χ2n) is 13.9. The standard InChI is InChI=1S/C20H19Cl2N7O3.C20H21Cl2N5O3.CH4/c1-30-15-6-16(31-2)19(22)17(18(15)21)12-5-10-7-25-20(26-13(10)8-24-12)27-14-9-32-4-3-11(14)28-29-23;1-28-15-6-16(29-2)19(22)17(18(15)21)12-5-10-7-25-20(26-13(10)8-24-12)27-14-9-30-4-3-11(14)23;/h5-8,11,14H,3-4,9H2,1-2H3,(H,25,26,27);5-8,11,14H,3-4,9,23H2,1-2H3,(H,25,26,27);1H4/t2*11-,14+;/m00./s1. The molecular formula is C41H44Cl4N12O6. The van der Waals surface area contributed by atoms with E-state index in [0.29, 0.717) is 121 Å². The van der Waals surface area contributed by atoms with Crippen LogP contribution < -0.4 is 35.3 Å². The van der Waals surface area contributed by atoms with E-state index in [1.54, 1.807) is 43.0 Å². The number of benzene rings is 2. The number of fused-ring (bicyclic) bond motifs is 2. The zero-order valence-corrected chi connectivity index (χ0v) is 36.8. The van der Waals surface area contributed by atoms with Crippen LogP contribution in [0.25, 0.3) is 54.8 Å². The van der Waals surface area contributed by atoms with Crippen LogP contribution in [0.1, 0.15) is 20.3 Å². The molecule has 0 unspecified atom stereocenters. The van der Waals surface area contributed by atoms with Gasteiger partial charge >= 0.3 is 0 Å². The number of hydrogen-bond acceptors (Lipinski definition) is 16. The Labute approximate surface area is 382 Å². The van der Waals surface area contributed by atoms with Crippen molar-refractivity contribution in [2.24, 2.45) is 10.8 Å².